The van der Waals surface area contributed by atoms with Gasteiger partial charge in [-0.1, -0.05) is 18.2 Å². The molecule has 3 aromatic rings. The molecule has 0 spiro atoms. The summed E-state index contributed by atoms with van der Waals surface area (Å²) in [6, 6.07) is 9.84. The molecule has 3 aliphatic carbocycles. The summed E-state index contributed by atoms with van der Waals surface area (Å²) in [6.45, 7) is 1.23. The number of para-hydroxylation sites is 1. The van der Waals surface area contributed by atoms with Crippen LogP contribution in [0.1, 0.15) is 46.7 Å². The molecule has 0 radical (unpaired) electrons. The van der Waals surface area contributed by atoms with Crippen LogP contribution in [0.25, 0.3) is 10.9 Å². The van der Waals surface area contributed by atoms with Crippen molar-refractivity contribution in [2.45, 2.75) is 37.6 Å². The summed E-state index contributed by atoms with van der Waals surface area (Å²) < 4.78 is 4.97. The van der Waals surface area contributed by atoms with Gasteiger partial charge in [0.25, 0.3) is 5.91 Å². The number of ether oxygens (including phenoxy) is 1. The van der Waals surface area contributed by atoms with Crippen molar-refractivity contribution in [1.82, 2.24) is 20.1 Å². The maximum absolute atomic E-state index is 13.1. The van der Waals surface area contributed by atoms with Crippen LogP contribution < -0.4 is 0 Å². The first-order valence-corrected chi connectivity index (χ1v) is 10.1. The Morgan fingerprint density at radius 1 is 1.21 bits per heavy atom. The van der Waals surface area contributed by atoms with E-state index in [1.54, 1.807) is 0 Å². The summed E-state index contributed by atoms with van der Waals surface area (Å²) in [7, 11) is 1.46. The van der Waals surface area contributed by atoms with E-state index in [1.165, 1.54) is 7.11 Å². The molecule has 7 nitrogen and oxygen atoms in total. The molecule has 4 aliphatic rings. The monoisotopic (exact) mass is 390 g/mol. The zero-order chi connectivity index (χ0) is 19.8. The summed E-state index contributed by atoms with van der Waals surface area (Å²) in [4.78, 5) is 30.3. The fourth-order valence-corrected chi connectivity index (χ4v) is 5.74. The van der Waals surface area contributed by atoms with E-state index in [-0.39, 0.29) is 22.7 Å². The zero-order valence-corrected chi connectivity index (χ0v) is 16.2. The number of benzene rings is 1. The van der Waals surface area contributed by atoms with E-state index >= 15 is 0 Å². The Balaban J connectivity index is 1.25. The summed E-state index contributed by atoms with van der Waals surface area (Å²) in [5, 5.41) is 8.86. The largest absolute Gasteiger partial charge is 0.469 e. The number of aromatic amines is 2. The number of nitrogens with one attached hydrogen (secondary N) is 2. The molecule has 2 bridgehead atoms. The van der Waals surface area contributed by atoms with Crippen LogP contribution in [0, 0.1) is 5.41 Å². The number of H-pyrrole nitrogens is 2. The molecule has 1 amide bonds. The van der Waals surface area contributed by atoms with Gasteiger partial charge in [-0.3, -0.25) is 14.7 Å². The Hall–Kier alpha value is -3.09. The van der Waals surface area contributed by atoms with Crippen LogP contribution in [0.5, 0.6) is 0 Å². The summed E-state index contributed by atoms with van der Waals surface area (Å²) >= 11 is 0. The number of hydrogen-bond donors (Lipinski definition) is 2. The number of amides is 1. The Morgan fingerprint density at radius 3 is 2.76 bits per heavy atom. The second-order valence-electron chi connectivity index (χ2n) is 8.86. The number of rotatable bonds is 3. The van der Waals surface area contributed by atoms with Crippen molar-refractivity contribution in [1.29, 1.82) is 0 Å². The van der Waals surface area contributed by atoms with Crippen molar-refractivity contribution in [2.24, 2.45) is 5.41 Å². The van der Waals surface area contributed by atoms with E-state index in [0.717, 1.165) is 53.5 Å². The number of carbonyl (C=O) groups is 2. The van der Waals surface area contributed by atoms with Gasteiger partial charge < -0.3 is 14.6 Å². The van der Waals surface area contributed by atoms with E-state index in [9.17, 15) is 9.59 Å². The van der Waals surface area contributed by atoms with Crippen LogP contribution in [-0.2, 0) is 27.9 Å². The van der Waals surface area contributed by atoms with Crippen molar-refractivity contribution in [3.63, 3.8) is 0 Å². The highest BCUT2D eigenvalue weighted by molar-refractivity contribution is 5.98. The van der Waals surface area contributed by atoms with E-state index in [4.69, 9.17) is 4.74 Å². The van der Waals surface area contributed by atoms with Crippen LogP contribution >= 0.6 is 0 Å². The molecule has 2 aromatic heterocycles. The third kappa shape index (κ3) is 2.15. The molecule has 0 atom stereocenters. The van der Waals surface area contributed by atoms with Gasteiger partial charge in [0.1, 0.15) is 5.69 Å². The van der Waals surface area contributed by atoms with Gasteiger partial charge in [-0.2, -0.15) is 5.10 Å². The van der Waals surface area contributed by atoms with E-state index in [1.807, 2.05) is 35.2 Å². The van der Waals surface area contributed by atoms with Crippen molar-refractivity contribution in [3.05, 3.63) is 53.0 Å². The molecule has 148 valence electrons. The number of carbonyl (C=O) groups excluding carboxylic acids is 2. The van der Waals surface area contributed by atoms with Crippen molar-refractivity contribution < 1.29 is 14.3 Å². The number of methoxy groups -OCH3 is 1. The van der Waals surface area contributed by atoms with E-state index < -0.39 is 0 Å². The normalized spacial score (nSPS) is 27.1. The molecule has 1 aromatic carbocycles. The molecule has 1 aliphatic heterocycles. The fraction of sp³-hybridized carbons (Fsp3) is 0.409. The standard InChI is InChI=1S/C22H22N4O3/c1-29-20(28)22-10-21(11-22,12-22)18-14-9-26(7-6-16(14)24-25-18)19(27)17-8-13-4-2-3-5-15(13)23-17/h2-5,8,23H,6-7,9-12H2,1H3,(H,24,25). The van der Waals surface area contributed by atoms with Gasteiger partial charge >= 0.3 is 5.97 Å². The predicted octanol–water partition coefficient (Wildman–Crippen LogP) is 2.68. The maximum atomic E-state index is 13.1. The predicted molar refractivity (Wildman–Crippen MR) is 105 cm³/mol. The zero-order valence-electron chi connectivity index (χ0n) is 16.2. The lowest BCUT2D eigenvalue weighted by atomic mass is 9.34. The van der Waals surface area contributed by atoms with Crippen molar-refractivity contribution in [3.8, 4) is 0 Å². The highest BCUT2D eigenvalue weighted by Crippen LogP contribution is 2.74. The Kier molecular flexibility index (Phi) is 3.19. The fourth-order valence-electron chi connectivity index (χ4n) is 5.74. The van der Waals surface area contributed by atoms with Crippen molar-refractivity contribution >= 4 is 22.8 Å². The lowest BCUT2D eigenvalue weighted by Crippen LogP contribution is -2.68. The summed E-state index contributed by atoms with van der Waals surface area (Å²) in [5.41, 5.74) is 4.58. The van der Waals surface area contributed by atoms with Gasteiger partial charge in [0.15, 0.2) is 0 Å². The molecule has 0 unspecified atom stereocenters. The maximum Gasteiger partial charge on any atom is 0.311 e. The highest BCUT2D eigenvalue weighted by Gasteiger charge is 2.74. The number of hydrogen-bond acceptors (Lipinski definition) is 4. The minimum atomic E-state index is -0.297. The SMILES string of the molecule is COC(=O)C12CC(c3n[nH]c4c3CN(C(=O)c3cc5ccccc5[nH]3)CC4)(C1)C2. The first-order valence-electron chi connectivity index (χ1n) is 10.1. The minimum absolute atomic E-state index is 0.0163. The molecule has 2 N–H and O–H groups in total. The minimum Gasteiger partial charge on any atom is -0.469 e. The molecule has 7 rings (SSSR count). The number of esters is 1. The van der Waals surface area contributed by atoms with Gasteiger partial charge in [-0.15, -0.1) is 0 Å². The molecular formula is C22H22N4O3. The van der Waals surface area contributed by atoms with Crippen LogP contribution in [0.3, 0.4) is 0 Å². The smallest absolute Gasteiger partial charge is 0.311 e. The van der Waals surface area contributed by atoms with Crippen LogP contribution in [-0.4, -0.2) is 45.6 Å². The van der Waals surface area contributed by atoms with Gasteiger partial charge in [-0.05, 0) is 31.4 Å². The van der Waals surface area contributed by atoms with Gasteiger partial charge in [0, 0.05) is 47.1 Å². The third-order valence-corrected chi connectivity index (χ3v) is 7.13. The quantitative estimate of drug-likeness (QED) is 0.673. The molecule has 0 saturated heterocycles. The number of nitrogens with zero attached hydrogens (tertiary/aromatic N) is 2. The third-order valence-electron chi connectivity index (χ3n) is 7.13. The molecule has 29 heavy (non-hydrogen) atoms. The summed E-state index contributed by atoms with van der Waals surface area (Å²) in [5.74, 6) is -0.0815. The second-order valence-corrected chi connectivity index (χ2v) is 8.86. The second kappa shape index (κ2) is 5.49. The molecule has 3 heterocycles. The number of fused-ring (bicyclic) bond motifs is 2. The topological polar surface area (TPSA) is 91.1 Å². The first-order chi connectivity index (χ1) is 14.0. The molecule has 3 saturated carbocycles. The summed E-state index contributed by atoms with van der Waals surface area (Å²) in [6.07, 6.45) is 3.19. The average Bonchev–Trinajstić information content (AvgIpc) is 3.29. The Bertz CT molecular complexity index is 1120. The lowest BCUT2D eigenvalue weighted by Gasteiger charge is -2.68. The Morgan fingerprint density at radius 2 is 2.00 bits per heavy atom. The average molecular weight is 390 g/mol. The first kappa shape index (κ1) is 16.8. The van der Waals surface area contributed by atoms with Gasteiger partial charge in [-0.25, -0.2) is 0 Å². The molecular weight excluding hydrogens is 368 g/mol. The Labute approximate surface area is 167 Å². The van der Waals surface area contributed by atoms with Crippen LogP contribution in [0.4, 0.5) is 0 Å². The number of aromatic nitrogens is 3. The van der Waals surface area contributed by atoms with E-state index in [0.29, 0.717) is 18.8 Å². The highest BCUT2D eigenvalue weighted by atomic mass is 16.5. The molecule has 7 heteroatoms. The van der Waals surface area contributed by atoms with E-state index in [2.05, 4.69) is 15.2 Å². The van der Waals surface area contributed by atoms with Crippen LogP contribution in [0.2, 0.25) is 0 Å². The lowest BCUT2D eigenvalue weighted by molar-refractivity contribution is -0.199. The molecule has 3 fully saturated rings. The van der Waals surface area contributed by atoms with Gasteiger partial charge in [0.05, 0.1) is 18.2 Å². The van der Waals surface area contributed by atoms with Gasteiger partial charge in [0.2, 0.25) is 0 Å². The van der Waals surface area contributed by atoms with Crippen LogP contribution in [0.15, 0.2) is 30.3 Å². The van der Waals surface area contributed by atoms with Crippen molar-refractivity contribution in [2.75, 3.05) is 13.7 Å².